The Morgan fingerprint density at radius 3 is 2.39 bits per heavy atom. The number of benzene rings is 2. The highest BCUT2D eigenvalue weighted by Crippen LogP contribution is 2.15. The van der Waals surface area contributed by atoms with E-state index in [1.165, 1.54) is 18.9 Å². The Morgan fingerprint density at radius 1 is 1.04 bits per heavy atom. The fourth-order valence-electron chi connectivity index (χ4n) is 2.11. The summed E-state index contributed by atoms with van der Waals surface area (Å²) in [5.41, 5.74) is 1.49. The molecular weight excluding hydrogens is 288 g/mol. The number of allylic oxidation sites excluding steroid dienone is 1. The second kappa shape index (κ2) is 8.79. The van der Waals surface area contributed by atoms with Crippen molar-refractivity contribution in [2.75, 3.05) is 6.61 Å². The zero-order valence-electron chi connectivity index (χ0n) is 13.4. The maximum Gasteiger partial charge on any atom is 0.185 e. The largest absolute Gasteiger partial charge is 0.508 e. The lowest BCUT2D eigenvalue weighted by atomic mass is 10.1. The number of hydrogen-bond donors (Lipinski definition) is 1. The monoisotopic (exact) mass is 310 g/mol. The van der Waals surface area contributed by atoms with Crippen LogP contribution in [0.1, 0.15) is 42.1 Å². The molecule has 2 rings (SSSR count). The van der Waals surface area contributed by atoms with Gasteiger partial charge in [0.15, 0.2) is 5.78 Å². The molecule has 0 aromatic heterocycles. The lowest BCUT2D eigenvalue weighted by Crippen LogP contribution is -1.98. The quantitative estimate of drug-likeness (QED) is 0.430. The second-order valence-corrected chi connectivity index (χ2v) is 5.37. The molecule has 0 heterocycles. The van der Waals surface area contributed by atoms with Gasteiger partial charge in [0, 0.05) is 5.56 Å². The zero-order chi connectivity index (χ0) is 16.5. The van der Waals surface area contributed by atoms with Gasteiger partial charge in [-0.1, -0.05) is 38.0 Å². The maximum absolute atomic E-state index is 12.1. The van der Waals surface area contributed by atoms with Crippen LogP contribution in [-0.2, 0) is 0 Å². The number of ketones is 1. The van der Waals surface area contributed by atoms with Gasteiger partial charge in [0.25, 0.3) is 0 Å². The third-order valence-corrected chi connectivity index (χ3v) is 3.48. The molecule has 0 atom stereocenters. The molecule has 0 saturated carbocycles. The topological polar surface area (TPSA) is 46.5 Å². The van der Waals surface area contributed by atoms with Crippen LogP contribution in [0.2, 0.25) is 0 Å². The van der Waals surface area contributed by atoms with Gasteiger partial charge >= 0.3 is 0 Å². The molecular formula is C20H22O3. The van der Waals surface area contributed by atoms with Crippen molar-refractivity contribution in [3.63, 3.8) is 0 Å². The van der Waals surface area contributed by atoms with Crippen LogP contribution in [0.15, 0.2) is 54.6 Å². The van der Waals surface area contributed by atoms with Crippen LogP contribution in [-0.4, -0.2) is 17.5 Å². The van der Waals surface area contributed by atoms with E-state index in [1.54, 1.807) is 42.5 Å². The summed E-state index contributed by atoms with van der Waals surface area (Å²) in [5, 5.41) is 9.23. The first-order valence-corrected chi connectivity index (χ1v) is 7.93. The average Bonchev–Trinajstić information content (AvgIpc) is 2.58. The summed E-state index contributed by atoms with van der Waals surface area (Å²) in [6.07, 6.45) is 6.65. The number of carbonyl (C=O) groups excluding carboxylic acids is 1. The predicted molar refractivity (Wildman–Crippen MR) is 92.9 cm³/mol. The first-order valence-electron chi connectivity index (χ1n) is 7.93. The highest BCUT2D eigenvalue weighted by molar-refractivity contribution is 6.06. The van der Waals surface area contributed by atoms with Crippen molar-refractivity contribution in [3.8, 4) is 11.5 Å². The molecule has 120 valence electrons. The highest BCUT2D eigenvalue weighted by atomic mass is 16.5. The lowest BCUT2D eigenvalue weighted by Gasteiger charge is -2.05. The van der Waals surface area contributed by atoms with Crippen molar-refractivity contribution in [2.24, 2.45) is 0 Å². The van der Waals surface area contributed by atoms with Gasteiger partial charge in [-0.3, -0.25) is 4.79 Å². The van der Waals surface area contributed by atoms with Crippen molar-refractivity contribution >= 4 is 11.9 Å². The molecule has 0 radical (unpaired) electrons. The van der Waals surface area contributed by atoms with Gasteiger partial charge in [-0.15, -0.1) is 0 Å². The number of hydrogen-bond acceptors (Lipinski definition) is 3. The predicted octanol–water partition coefficient (Wildman–Crippen LogP) is 4.86. The smallest absolute Gasteiger partial charge is 0.185 e. The number of aromatic hydroxyl groups is 1. The van der Waals surface area contributed by atoms with Gasteiger partial charge in [0.2, 0.25) is 0 Å². The first-order chi connectivity index (χ1) is 11.2. The van der Waals surface area contributed by atoms with E-state index in [4.69, 9.17) is 4.74 Å². The molecule has 23 heavy (non-hydrogen) atoms. The summed E-state index contributed by atoms with van der Waals surface area (Å²) >= 11 is 0. The Morgan fingerprint density at radius 2 is 1.74 bits per heavy atom. The average molecular weight is 310 g/mol. The first kappa shape index (κ1) is 16.8. The molecule has 0 aliphatic carbocycles. The summed E-state index contributed by atoms with van der Waals surface area (Å²) < 4.78 is 5.63. The van der Waals surface area contributed by atoms with Crippen LogP contribution in [0.3, 0.4) is 0 Å². The van der Waals surface area contributed by atoms with Gasteiger partial charge in [0.05, 0.1) is 6.61 Å². The molecule has 0 unspecified atom stereocenters. The standard InChI is InChI=1S/C20H22O3/c1-2-3-4-15-23-19-12-8-17(9-13-19)20(22)14-7-16-5-10-18(21)11-6-16/h5-14,21H,2-4,15H2,1H3/b14-7+. The van der Waals surface area contributed by atoms with Crippen molar-refractivity contribution in [1.82, 2.24) is 0 Å². The minimum absolute atomic E-state index is 0.0596. The molecule has 0 amide bonds. The molecule has 0 bridgehead atoms. The Hall–Kier alpha value is -2.55. The van der Waals surface area contributed by atoms with Crippen molar-refractivity contribution in [2.45, 2.75) is 26.2 Å². The van der Waals surface area contributed by atoms with Gasteiger partial charge in [-0.05, 0) is 54.5 Å². The summed E-state index contributed by atoms with van der Waals surface area (Å²) in [6.45, 7) is 2.87. The number of phenols is 1. The van der Waals surface area contributed by atoms with Crippen LogP contribution >= 0.6 is 0 Å². The van der Waals surface area contributed by atoms with Crippen molar-refractivity contribution < 1.29 is 14.6 Å². The minimum atomic E-state index is -0.0596. The van der Waals surface area contributed by atoms with E-state index in [9.17, 15) is 9.90 Å². The van der Waals surface area contributed by atoms with E-state index < -0.39 is 0 Å². The van der Waals surface area contributed by atoms with Crippen LogP contribution in [0.5, 0.6) is 11.5 Å². The number of ether oxygens (including phenoxy) is 1. The molecule has 3 heteroatoms. The van der Waals surface area contributed by atoms with Crippen molar-refractivity contribution in [3.05, 3.63) is 65.7 Å². The van der Waals surface area contributed by atoms with E-state index in [1.807, 2.05) is 12.1 Å². The van der Waals surface area contributed by atoms with E-state index >= 15 is 0 Å². The fraction of sp³-hybridized carbons (Fsp3) is 0.250. The minimum Gasteiger partial charge on any atom is -0.508 e. The molecule has 1 N–H and O–H groups in total. The highest BCUT2D eigenvalue weighted by Gasteiger charge is 2.02. The summed E-state index contributed by atoms with van der Waals surface area (Å²) in [7, 11) is 0. The Kier molecular flexibility index (Phi) is 6.42. The molecule has 2 aromatic carbocycles. The second-order valence-electron chi connectivity index (χ2n) is 5.37. The number of phenolic OH excluding ortho intramolecular Hbond substituents is 1. The van der Waals surface area contributed by atoms with E-state index in [0.717, 1.165) is 17.7 Å². The Balaban J connectivity index is 1.90. The van der Waals surface area contributed by atoms with Gasteiger partial charge in [0.1, 0.15) is 11.5 Å². The van der Waals surface area contributed by atoms with Crippen LogP contribution in [0.4, 0.5) is 0 Å². The third kappa shape index (κ3) is 5.62. The van der Waals surface area contributed by atoms with Gasteiger partial charge in [-0.25, -0.2) is 0 Å². The Bertz CT molecular complexity index is 640. The number of unbranched alkanes of at least 4 members (excludes halogenated alkanes) is 2. The molecule has 0 spiro atoms. The molecule has 0 aliphatic heterocycles. The fourth-order valence-corrected chi connectivity index (χ4v) is 2.11. The van der Waals surface area contributed by atoms with Crippen LogP contribution < -0.4 is 4.74 Å². The SMILES string of the molecule is CCCCCOc1ccc(C(=O)/C=C/c2ccc(O)cc2)cc1. The molecule has 0 aliphatic rings. The molecule has 0 fully saturated rings. The molecule has 2 aromatic rings. The van der Waals surface area contributed by atoms with Gasteiger partial charge in [-0.2, -0.15) is 0 Å². The molecule has 3 nitrogen and oxygen atoms in total. The number of carbonyl (C=O) groups is 1. The summed E-state index contributed by atoms with van der Waals surface area (Å²) in [5.74, 6) is 0.943. The lowest BCUT2D eigenvalue weighted by molar-refractivity contribution is 0.104. The normalized spacial score (nSPS) is 10.8. The van der Waals surface area contributed by atoms with Crippen LogP contribution in [0.25, 0.3) is 6.08 Å². The van der Waals surface area contributed by atoms with E-state index in [0.29, 0.717) is 12.2 Å². The zero-order valence-corrected chi connectivity index (χ0v) is 13.4. The molecule has 0 saturated heterocycles. The summed E-state index contributed by atoms with van der Waals surface area (Å²) in [6, 6.07) is 13.9. The van der Waals surface area contributed by atoms with E-state index in [2.05, 4.69) is 6.92 Å². The summed E-state index contributed by atoms with van der Waals surface area (Å²) in [4.78, 5) is 12.1. The Labute approximate surface area is 137 Å². The maximum atomic E-state index is 12.1. The van der Waals surface area contributed by atoms with Crippen LogP contribution in [0, 0.1) is 0 Å². The van der Waals surface area contributed by atoms with Crippen molar-refractivity contribution in [1.29, 1.82) is 0 Å². The number of rotatable bonds is 8. The third-order valence-electron chi connectivity index (χ3n) is 3.48. The van der Waals surface area contributed by atoms with Gasteiger partial charge < -0.3 is 9.84 Å². The van der Waals surface area contributed by atoms with E-state index in [-0.39, 0.29) is 11.5 Å².